The first-order valence-corrected chi connectivity index (χ1v) is 31.7. The number of aliphatic hydroxyl groups is 1. The fraction of sp³-hybridized carbons (Fsp3) is 0.917. The van der Waals surface area contributed by atoms with Gasteiger partial charge < -0.3 is 28.8 Å². The van der Waals surface area contributed by atoms with Crippen LogP contribution in [-0.4, -0.2) is 68.5 Å². The van der Waals surface area contributed by atoms with Crippen molar-refractivity contribution < 1.29 is 32.9 Å². The number of allylic oxidation sites excluding steroid dienone is 3. The lowest BCUT2D eigenvalue weighted by molar-refractivity contribution is -0.870. The van der Waals surface area contributed by atoms with Crippen molar-refractivity contribution in [3.8, 4) is 0 Å². The van der Waals surface area contributed by atoms with Crippen molar-refractivity contribution in [1.82, 2.24) is 5.32 Å². The van der Waals surface area contributed by atoms with E-state index in [0.29, 0.717) is 17.4 Å². The molecule has 0 heterocycles. The maximum absolute atomic E-state index is 13.0. The predicted molar refractivity (Wildman–Crippen MR) is 298 cm³/mol. The van der Waals surface area contributed by atoms with Gasteiger partial charge in [-0.25, -0.2) is 0 Å². The molecule has 0 rings (SSSR count). The maximum atomic E-state index is 13.0. The Labute approximate surface area is 430 Å². The quantitative estimate of drug-likeness (QED) is 0.0272. The Kier molecular flexibility index (Phi) is 51.1. The molecule has 0 fully saturated rings. The molecule has 0 aromatic rings. The number of nitrogens with zero attached hydrogens (tertiary/aromatic N) is 1. The topological polar surface area (TPSA) is 108 Å². The number of hydrogen-bond donors (Lipinski definition) is 2. The SMILES string of the molecule is CCCCCCCCCCCCCC/C=C\CCCCCCCCCCCC(=O)NC(COP(=O)([O-])OCC[N+](C)(C)C)C(O)/C=C/CCCCCCCCCCCCCCCCCCCCCC. The zero-order valence-electron chi connectivity index (χ0n) is 46.8. The van der Waals surface area contributed by atoms with Gasteiger partial charge in [-0.1, -0.05) is 276 Å². The molecule has 0 aliphatic carbocycles. The Morgan fingerprint density at radius 2 is 0.797 bits per heavy atom. The van der Waals surface area contributed by atoms with Crippen LogP contribution in [0.3, 0.4) is 0 Å². The van der Waals surface area contributed by atoms with Gasteiger partial charge in [-0.2, -0.15) is 0 Å². The first-order chi connectivity index (χ1) is 33.5. The van der Waals surface area contributed by atoms with Crippen LogP contribution in [0.2, 0.25) is 0 Å². The summed E-state index contributed by atoms with van der Waals surface area (Å²) in [7, 11) is 1.27. The molecule has 8 nitrogen and oxygen atoms in total. The van der Waals surface area contributed by atoms with E-state index in [0.717, 1.165) is 38.5 Å². The molecule has 3 unspecified atom stereocenters. The molecule has 0 aliphatic rings. The normalized spacial score (nSPS) is 14.0. The summed E-state index contributed by atoms with van der Waals surface area (Å²) in [6, 6.07) is -0.886. The fourth-order valence-electron chi connectivity index (χ4n) is 9.15. The van der Waals surface area contributed by atoms with Gasteiger partial charge in [-0.05, 0) is 44.9 Å². The fourth-order valence-corrected chi connectivity index (χ4v) is 9.87. The lowest BCUT2D eigenvalue weighted by atomic mass is 10.0. The summed E-state index contributed by atoms with van der Waals surface area (Å²) in [4.78, 5) is 25.5. The summed E-state index contributed by atoms with van der Waals surface area (Å²) in [5, 5.41) is 13.9. The number of amides is 1. The molecular formula is C60H119N2O6P. The second-order valence-corrected chi connectivity index (χ2v) is 23.5. The molecular weight excluding hydrogens is 876 g/mol. The molecule has 0 saturated carbocycles. The lowest BCUT2D eigenvalue weighted by Gasteiger charge is -2.29. The van der Waals surface area contributed by atoms with Gasteiger partial charge in [0.05, 0.1) is 39.9 Å². The maximum Gasteiger partial charge on any atom is 0.268 e. The highest BCUT2D eigenvalue weighted by atomic mass is 31.2. The average Bonchev–Trinajstić information content (AvgIpc) is 3.31. The summed E-state index contributed by atoms with van der Waals surface area (Å²) in [5.74, 6) is -0.194. The number of carbonyl (C=O) groups is 1. The summed E-state index contributed by atoms with van der Waals surface area (Å²) < 4.78 is 23.4. The molecule has 0 aromatic heterocycles. The van der Waals surface area contributed by atoms with Crippen LogP contribution in [0, 0.1) is 0 Å². The first kappa shape index (κ1) is 68.0. The highest BCUT2D eigenvalue weighted by molar-refractivity contribution is 7.45. The lowest BCUT2D eigenvalue weighted by Crippen LogP contribution is -2.45. The molecule has 410 valence electrons. The van der Waals surface area contributed by atoms with E-state index in [2.05, 4.69) is 31.3 Å². The van der Waals surface area contributed by atoms with Crippen molar-refractivity contribution >= 4 is 13.7 Å². The number of carbonyl (C=O) groups excluding carboxylic acids is 1. The van der Waals surface area contributed by atoms with Gasteiger partial charge in [0.15, 0.2) is 0 Å². The van der Waals surface area contributed by atoms with Crippen LogP contribution in [0.1, 0.15) is 303 Å². The van der Waals surface area contributed by atoms with Crippen LogP contribution in [0.25, 0.3) is 0 Å². The minimum Gasteiger partial charge on any atom is -0.756 e. The second-order valence-electron chi connectivity index (χ2n) is 22.1. The number of likely N-dealkylation sites (N-methyl/N-ethyl adjacent to an activating group) is 1. The molecule has 2 N–H and O–H groups in total. The highest BCUT2D eigenvalue weighted by Gasteiger charge is 2.23. The number of rotatable bonds is 56. The van der Waals surface area contributed by atoms with E-state index >= 15 is 0 Å². The molecule has 0 spiro atoms. The van der Waals surface area contributed by atoms with Gasteiger partial charge in [0.25, 0.3) is 7.82 Å². The average molecular weight is 996 g/mol. The standard InChI is InChI=1S/C60H119N2O6P/c1-6-8-10-12-14-16-18-20-22-24-26-28-30-31-32-34-36-38-40-42-44-46-48-50-52-54-60(64)61-58(57-68-69(65,66)67-56-55-62(3,4)5)59(63)53-51-49-47-45-43-41-39-37-35-33-29-27-25-23-21-19-17-15-13-11-9-7-2/h31-32,51,53,58-59,63H,6-30,33-50,52,54-57H2,1-5H3,(H-,61,64,65,66)/b32-31-,53-51+. The Bertz CT molecular complexity index is 1170. The number of nitrogens with one attached hydrogen (secondary N) is 1. The Balaban J connectivity index is 4.17. The molecule has 0 bridgehead atoms. The van der Waals surface area contributed by atoms with Gasteiger partial charge in [-0.3, -0.25) is 9.36 Å². The zero-order chi connectivity index (χ0) is 50.6. The monoisotopic (exact) mass is 995 g/mol. The van der Waals surface area contributed by atoms with E-state index in [9.17, 15) is 19.4 Å². The van der Waals surface area contributed by atoms with E-state index < -0.39 is 20.0 Å². The third-order valence-electron chi connectivity index (χ3n) is 13.9. The van der Waals surface area contributed by atoms with E-state index in [1.165, 1.54) is 244 Å². The van der Waals surface area contributed by atoms with Gasteiger partial charge in [0.2, 0.25) is 5.91 Å². The third-order valence-corrected chi connectivity index (χ3v) is 14.9. The van der Waals surface area contributed by atoms with E-state index in [1.807, 2.05) is 27.2 Å². The molecule has 0 radical (unpaired) electrons. The van der Waals surface area contributed by atoms with Gasteiger partial charge >= 0.3 is 0 Å². The van der Waals surface area contributed by atoms with Gasteiger partial charge in [0, 0.05) is 6.42 Å². The van der Waals surface area contributed by atoms with Crippen molar-refractivity contribution in [1.29, 1.82) is 0 Å². The number of phosphoric ester groups is 1. The van der Waals surface area contributed by atoms with Crippen LogP contribution in [0.5, 0.6) is 0 Å². The smallest absolute Gasteiger partial charge is 0.268 e. The van der Waals surface area contributed by atoms with Crippen LogP contribution in [0.4, 0.5) is 0 Å². The van der Waals surface area contributed by atoms with Gasteiger partial charge in [0.1, 0.15) is 13.2 Å². The second kappa shape index (κ2) is 51.9. The molecule has 1 amide bonds. The molecule has 69 heavy (non-hydrogen) atoms. The van der Waals surface area contributed by atoms with E-state index in [-0.39, 0.29) is 19.1 Å². The van der Waals surface area contributed by atoms with Crippen LogP contribution < -0.4 is 10.2 Å². The molecule has 0 saturated heterocycles. The van der Waals surface area contributed by atoms with Crippen LogP contribution in [0.15, 0.2) is 24.3 Å². The highest BCUT2D eigenvalue weighted by Crippen LogP contribution is 2.38. The van der Waals surface area contributed by atoms with Crippen molar-refractivity contribution in [2.45, 2.75) is 315 Å². The van der Waals surface area contributed by atoms with Crippen molar-refractivity contribution in [3.63, 3.8) is 0 Å². The van der Waals surface area contributed by atoms with E-state index in [4.69, 9.17) is 9.05 Å². The molecule has 9 heteroatoms. The summed E-state index contributed by atoms with van der Waals surface area (Å²) in [6.45, 7) is 4.70. The van der Waals surface area contributed by atoms with Crippen molar-refractivity contribution in [2.24, 2.45) is 0 Å². The summed E-state index contributed by atoms with van der Waals surface area (Å²) >= 11 is 0. The number of hydrogen-bond acceptors (Lipinski definition) is 6. The summed E-state index contributed by atoms with van der Waals surface area (Å²) in [5.41, 5.74) is 0. The van der Waals surface area contributed by atoms with Crippen molar-refractivity contribution in [3.05, 3.63) is 24.3 Å². The van der Waals surface area contributed by atoms with Gasteiger partial charge in [-0.15, -0.1) is 0 Å². The Morgan fingerprint density at radius 3 is 1.13 bits per heavy atom. The van der Waals surface area contributed by atoms with Crippen LogP contribution >= 0.6 is 7.82 Å². The third kappa shape index (κ3) is 54.6. The molecule has 0 aromatic carbocycles. The molecule has 3 atom stereocenters. The predicted octanol–water partition coefficient (Wildman–Crippen LogP) is 17.7. The summed E-state index contributed by atoms with van der Waals surface area (Å²) in [6.07, 6.45) is 65.4. The van der Waals surface area contributed by atoms with Crippen molar-refractivity contribution in [2.75, 3.05) is 40.9 Å². The number of aliphatic hydroxyl groups excluding tert-OH is 1. The Morgan fingerprint density at radius 1 is 0.493 bits per heavy atom. The number of unbranched alkanes of at least 4 members (excludes halogenated alkanes) is 41. The molecule has 0 aliphatic heterocycles. The number of quaternary nitrogens is 1. The minimum atomic E-state index is -4.60. The number of phosphoric acid groups is 1. The minimum absolute atomic E-state index is 0.000418. The van der Waals surface area contributed by atoms with Crippen LogP contribution in [-0.2, 0) is 18.4 Å². The zero-order valence-corrected chi connectivity index (χ0v) is 47.7. The van der Waals surface area contributed by atoms with E-state index in [1.54, 1.807) is 6.08 Å². The largest absolute Gasteiger partial charge is 0.756 e. The first-order valence-electron chi connectivity index (χ1n) is 30.2. The Hall–Kier alpha value is -1.02.